The number of thiazole rings is 1. The predicted octanol–water partition coefficient (Wildman–Crippen LogP) is 4.45. The zero-order valence-corrected chi connectivity index (χ0v) is 16.9. The molecule has 0 atom stereocenters. The summed E-state index contributed by atoms with van der Waals surface area (Å²) in [5.74, 6) is -0.471. The number of anilines is 1. The van der Waals surface area contributed by atoms with Crippen LogP contribution in [0.4, 0.5) is 10.1 Å². The van der Waals surface area contributed by atoms with Crippen LogP contribution in [0.15, 0.2) is 42.5 Å². The minimum Gasteiger partial charge on any atom is -0.319 e. The van der Waals surface area contributed by atoms with E-state index in [0.717, 1.165) is 5.56 Å². The molecule has 0 saturated heterocycles. The maximum Gasteiger partial charge on any atom is 0.267 e. The number of amides is 1. The van der Waals surface area contributed by atoms with Crippen LogP contribution in [0.1, 0.15) is 21.2 Å². The highest BCUT2D eigenvalue weighted by molar-refractivity contribution is 7.17. The van der Waals surface area contributed by atoms with Gasteiger partial charge in [0.1, 0.15) is 15.7 Å². The van der Waals surface area contributed by atoms with E-state index >= 15 is 0 Å². The third-order valence-corrected chi connectivity index (χ3v) is 5.58. The smallest absolute Gasteiger partial charge is 0.267 e. The van der Waals surface area contributed by atoms with Gasteiger partial charge in [-0.2, -0.15) is 4.68 Å². The van der Waals surface area contributed by atoms with Crippen molar-refractivity contribution in [3.8, 4) is 16.3 Å². The minimum absolute atomic E-state index is 0.0273. The standard InChI is InChI=1S/C19H14ClFN6OS/c1-10-17(29-19(22-10)12-4-3-5-13(20)8-12)18(28)23-16-9-14(6-7-15(16)21)27-11(2)24-25-26-27/h3-9H,1-2H3,(H,23,28). The SMILES string of the molecule is Cc1nc(-c2cccc(Cl)c2)sc1C(=O)Nc1cc(-n2nnnc2C)ccc1F. The normalized spacial score (nSPS) is 10.9. The number of aryl methyl sites for hydroxylation is 2. The van der Waals surface area contributed by atoms with Gasteiger partial charge in [0.2, 0.25) is 0 Å². The van der Waals surface area contributed by atoms with E-state index in [-0.39, 0.29) is 5.69 Å². The summed E-state index contributed by atoms with van der Waals surface area (Å²) in [5.41, 5.74) is 1.92. The van der Waals surface area contributed by atoms with Crippen molar-refractivity contribution < 1.29 is 9.18 Å². The first-order chi connectivity index (χ1) is 13.9. The molecule has 1 N–H and O–H groups in total. The Kier molecular flexibility index (Phi) is 5.08. The lowest BCUT2D eigenvalue weighted by Gasteiger charge is -2.08. The highest BCUT2D eigenvalue weighted by Crippen LogP contribution is 2.30. The Bertz CT molecular complexity index is 1220. The topological polar surface area (TPSA) is 85.6 Å². The molecule has 0 unspecified atom stereocenters. The lowest BCUT2D eigenvalue weighted by molar-refractivity contribution is 0.102. The molecule has 4 aromatic rings. The molecule has 29 heavy (non-hydrogen) atoms. The second-order valence-corrected chi connectivity index (χ2v) is 7.64. The first-order valence-corrected chi connectivity index (χ1v) is 9.71. The van der Waals surface area contributed by atoms with Gasteiger partial charge >= 0.3 is 0 Å². The van der Waals surface area contributed by atoms with Crippen LogP contribution in [0.5, 0.6) is 0 Å². The second-order valence-electron chi connectivity index (χ2n) is 6.20. The zero-order valence-electron chi connectivity index (χ0n) is 15.3. The highest BCUT2D eigenvalue weighted by atomic mass is 35.5. The average molecular weight is 429 g/mol. The van der Waals surface area contributed by atoms with Gasteiger partial charge < -0.3 is 5.32 Å². The third kappa shape index (κ3) is 3.87. The van der Waals surface area contributed by atoms with Crippen molar-refractivity contribution in [2.45, 2.75) is 13.8 Å². The summed E-state index contributed by atoms with van der Waals surface area (Å²) < 4.78 is 15.7. The monoisotopic (exact) mass is 428 g/mol. The minimum atomic E-state index is -0.565. The summed E-state index contributed by atoms with van der Waals surface area (Å²) in [5, 5.41) is 15.1. The van der Waals surface area contributed by atoms with Crippen molar-refractivity contribution in [1.29, 1.82) is 0 Å². The number of carbonyl (C=O) groups is 1. The molecular formula is C19H14ClFN6OS. The molecule has 146 valence electrons. The van der Waals surface area contributed by atoms with Gasteiger partial charge in [0.15, 0.2) is 5.82 Å². The molecule has 2 aromatic heterocycles. The van der Waals surface area contributed by atoms with E-state index in [4.69, 9.17) is 11.6 Å². The number of nitrogens with one attached hydrogen (secondary N) is 1. The number of hydrogen-bond acceptors (Lipinski definition) is 6. The zero-order chi connectivity index (χ0) is 20.5. The third-order valence-electron chi connectivity index (χ3n) is 4.14. The molecule has 2 aromatic carbocycles. The van der Waals surface area contributed by atoms with Gasteiger partial charge in [-0.3, -0.25) is 4.79 Å². The Morgan fingerprint density at radius 2 is 2.03 bits per heavy atom. The molecule has 0 aliphatic rings. The summed E-state index contributed by atoms with van der Waals surface area (Å²) in [6, 6.07) is 11.5. The molecule has 10 heteroatoms. The Morgan fingerprint density at radius 3 is 2.76 bits per heavy atom. The molecule has 0 fully saturated rings. The van der Waals surface area contributed by atoms with Crippen molar-refractivity contribution >= 4 is 34.5 Å². The van der Waals surface area contributed by atoms with E-state index in [1.807, 2.05) is 12.1 Å². The molecule has 0 radical (unpaired) electrons. The fraction of sp³-hybridized carbons (Fsp3) is 0.105. The van der Waals surface area contributed by atoms with E-state index in [0.29, 0.717) is 32.1 Å². The molecule has 0 spiro atoms. The number of rotatable bonds is 4. The summed E-state index contributed by atoms with van der Waals surface area (Å²) >= 11 is 7.25. The van der Waals surface area contributed by atoms with E-state index in [9.17, 15) is 9.18 Å². The van der Waals surface area contributed by atoms with Crippen LogP contribution in [0.3, 0.4) is 0 Å². The van der Waals surface area contributed by atoms with E-state index < -0.39 is 11.7 Å². The summed E-state index contributed by atoms with van der Waals surface area (Å²) in [6.45, 7) is 3.45. The fourth-order valence-electron chi connectivity index (χ4n) is 2.74. The second kappa shape index (κ2) is 7.69. The van der Waals surface area contributed by atoms with Crippen LogP contribution in [0, 0.1) is 19.7 Å². The Morgan fingerprint density at radius 1 is 1.21 bits per heavy atom. The van der Waals surface area contributed by atoms with E-state index in [1.165, 1.54) is 34.2 Å². The molecule has 0 aliphatic heterocycles. The van der Waals surface area contributed by atoms with Crippen molar-refractivity contribution in [3.63, 3.8) is 0 Å². The maximum absolute atomic E-state index is 14.3. The van der Waals surface area contributed by atoms with Crippen LogP contribution in [-0.2, 0) is 0 Å². The van der Waals surface area contributed by atoms with Crippen molar-refractivity contribution in [3.05, 3.63) is 69.7 Å². The van der Waals surface area contributed by atoms with Gasteiger partial charge in [-0.05, 0) is 54.6 Å². The number of benzene rings is 2. The van der Waals surface area contributed by atoms with Gasteiger partial charge in [-0.25, -0.2) is 9.37 Å². The average Bonchev–Trinajstić information content (AvgIpc) is 3.29. The molecule has 4 rings (SSSR count). The fourth-order valence-corrected chi connectivity index (χ4v) is 3.89. The number of halogens is 2. The van der Waals surface area contributed by atoms with E-state index in [1.54, 1.807) is 26.0 Å². The predicted molar refractivity (Wildman–Crippen MR) is 109 cm³/mol. The van der Waals surface area contributed by atoms with Crippen LogP contribution < -0.4 is 5.32 Å². The highest BCUT2D eigenvalue weighted by Gasteiger charge is 2.18. The van der Waals surface area contributed by atoms with Crippen molar-refractivity contribution in [2.75, 3.05) is 5.32 Å². The van der Waals surface area contributed by atoms with Crippen molar-refractivity contribution in [2.24, 2.45) is 0 Å². The molecule has 0 saturated carbocycles. The van der Waals surface area contributed by atoms with Gasteiger partial charge in [-0.1, -0.05) is 23.7 Å². The first-order valence-electron chi connectivity index (χ1n) is 8.52. The van der Waals surface area contributed by atoms with Crippen molar-refractivity contribution in [1.82, 2.24) is 25.2 Å². The van der Waals surface area contributed by atoms with Gasteiger partial charge in [0.25, 0.3) is 5.91 Å². The van der Waals surface area contributed by atoms with Crippen LogP contribution in [0.25, 0.3) is 16.3 Å². The Labute approximate surface area is 174 Å². The quantitative estimate of drug-likeness (QED) is 0.519. The van der Waals surface area contributed by atoms with E-state index in [2.05, 4.69) is 25.8 Å². The van der Waals surface area contributed by atoms with Gasteiger partial charge in [-0.15, -0.1) is 16.4 Å². The molecule has 0 aliphatic carbocycles. The molecule has 0 bridgehead atoms. The lowest BCUT2D eigenvalue weighted by Crippen LogP contribution is -2.13. The Balaban J connectivity index is 1.63. The summed E-state index contributed by atoms with van der Waals surface area (Å²) in [7, 11) is 0. The number of carbonyl (C=O) groups excluding carboxylic acids is 1. The summed E-state index contributed by atoms with van der Waals surface area (Å²) in [6.07, 6.45) is 0. The number of hydrogen-bond donors (Lipinski definition) is 1. The van der Waals surface area contributed by atoms with Gasteiger partial charge in [0.05, 0.1) is 17.1 Å². The first kappa shape index (κ1) is 19.2. The van der Waals surface area contributed by atoms with Crippen LogP contribution in [-0.4, -0.2) is 31.1 Å². The Hall–Kier alpha value is -3.17. The number of tetrazole rings is 1. The largest absolute Gasteiger partial charge is 0.319 e. The molecule has 7 nitrogen and oxygen atoms in total. The van der Waals surface area contributed by atoms with Crippen LogP contribution in [0.2, 0.25) is 5.02 Å². The lowest BCUT2D eigenvalue weighted by atomic mass is 10.2. The summed E-state index contributed by atoms with van der Waals surface area (Å²) in [4.78, 5) is 17.6. The molecule has 2 heterocycles. The number of aromatic nitrogens is 5. The maximum atomic E-state index is 14.3. The van der Waals surface area contributed by atoms with Gasteiger partial charge in [0, 0.05) is 10.6 Å². The van der Waals surface area contributed by atoms with Crippen LogP contribution >= 0.6 is 22.9 Å². The molecular weight excluding hydrogens is 415 g/mol. The number of nitrogens with zero attached hydrogens (tertiary/aromatic N) is 5. The molecule has 1 amide bonds.